The lowest BCUT2D eigenvalue weighted by molar-refractivity contribution is 0.199. The van der Waals surface area contributed by atoms with E-state index >= 15 is 0 Å². The molecule has 0 fully saturated rings. The van der Waals surface area contributed by atoms with E-state index in [4.69, 9.17) is 9.84 Å². The SMILES string of the molecule is CCCCCCCCCCCCCCCCC=COCCCO. The number of rotatable bonds is 19. The minimum Gasteiger partial charge on any atom is -0.501 e. The number of hydrogen-bond acceptors (Lipinski definition) is 2. The second-order valence-corrected chi connectivity index (χ2v) is 6.70. The van der Waals surface area contributed by atoms with Crippen molar-refractivity contribution >= 4 is 0 Å². The molecule has 0 bridgehead atoms. The summed E-state index contributed by atoms with van der Waals surface area (Å²) in [6.45, 7) is 3.13. The Hall–Kier alpha value is -0.500. The molecule has 0 aliphatic rings. The van der Waals surface area contributed by atoms with Crippen molar-refractivity contribution in [3.63, 3.8) is 0 Å². The van der Waals surface area contributed by atoms with Crippen molar-refractivity contribution in [2.45, 2.75) is 110 Å². The molecule has 0 saturated heterocycles. The Morgan fingerprint density at radius 2 is 1.13 bits per heavy atom. The molecule has 0 radical (unpaired) electrons. The first kappa shape index (κ1) is 22.5. The van der Waals surface area contributed by atoms with Gasteiger partial charge in [0.25, 0.3) is 0 Å². The lowest BCUT2D eigenvalue weighted by Crippen LogP contribution is -1.90. The Kier molecular flexibility index (Phi) is 21.0. The number of allylic oxidation sites excluding steroid dienone is 1. The van der Waals surface area contributed by atoms with E-state index in [9.17, 15) is 0 Å². The molecule has 0 atom stereocenters. The molecule has 0 saturated carbocycles. The maximum atomic E-state index is 8.61. The van der Waals surface area contributed by atoms with Gasteiger partial charge in [0.05, 0.1) is 12.9 Å². The first-order valence-electron chi connectivity index (χ1n) is 10.3. The number of ether oxygens (including phenoxy) is 1. The van der Waals surface area contributed by atoms with Crippen LogP contribution in [0.3, 0.4) is 0 Å². The lowest BCUT2D eigenvalue weighted by atomic mass is 10.0. The minimum atomic E-state index is 0.215. The van der Waals surface area contributed by atoms with Crippen molar-refractivity contribution < 1.29 is 9.84 Å². The first-order chi connectivity index (χ1) is 11.4. The van der Waals surface area contributed by atoms with Crippen molar-refractivity contribution in [3.8, 4) is 0 Å². The van der Waals surface area contributed by atoms with Gasteiger partial charge < -0.3 is 9.84 Å². The second-order valence-electron chi connectivity index (χ2n) is 6.70. The molecule has 0 aromatic rings. The Bertz CT molecular complexity index is 226. The van der Waals surface area contributed by atoms with Gasteiger partial charge >= 0.3 is 0 Å². The highest BCUT2D eigenvalue weighted by Gasteiger charge is 1.93. The largest absolute Gasteiger partial charge is 0.501 e. The van der Waals surface area contributed by atoms with Crippen LogP contribution in [0.2, 0.25) is 0 Å². The quantitative estimate of drug-likeness (QED) is 0.210. The molecule has 0 aliphatic carbocycles. The fourth-order valence-electron chi connectivity index (χ4n) is 2.81. The van der Waals surface area contributed by atoms with Crippen LogP contribution in [-0.4, -0.2) is 18.3 Å². The highest BCUT2D eigenvalue weighted by Crippen LogP contribution is 2.13. The summed E-state index contributed by atoms with van der Waals surface area (Å²) in [5, 5.41) is 8.61. The zero-order valence-corrected chi connectivity index (χ0v) is 15.7. The minimum absolute atomic E-state index is 0.215. The fourth-order valence-corrected chi connectivity index (χ4v) is 2.81. The van der Waals surface area contributed by atoms with E-state index < -0.39 is 0 Å². The van der Waals surface area contributed by atoms with Crippen LogP contribution in [0.1, 0.15) is 110 Å². The van der Waals surface area contributed by atoms with Crippen LogP contribution in [0, 0.1) is 0 Å². The summed E-state index contributed by atoms with van der Waals surface area (Å²) in [5.74, 6) is 0. The van der Waals surface area contributed by atoms with Crippen LogP contribution in [-0.2, 0) is 4.74 Å². The molecule has 0 aromatic carbocycles. The molecule has 0 amide bonds. The van der Waals surface area contributed by atoms with Crippen LogP contribution in [0.4, 0.5) is 0 Å². The molecular weight excluding hydrogens is 284 g/mol. The molecule has 0 rings (SSSR count). The van der Waals surface area contributed by atoms with Crippen LogP contribution >= 0.6 is 0 Å². The predicted molar refractivity (Wildman–Crippen MR) is 102 cm³/mol. The molecule has 2 nitrogen and oxygen atoms in total. The van der Waals surface area contributed by atoms with E-state index in [0.717, 1.165) is 12.8 Å². The molecular formula is C21H42O2. The molecule has 2 heteroatoms. The van der Waals surface area contributed by atoms with Crippen molar-refractivity contribution in [1.29, 1.82) is 0 Å². The van der Waals surface area contributed by atoms with Gasteiger partial charge in [-0.1, -0.05) is 90.4 Å². The summed E-state index contributed by atoms with van der Waals surface area (Å²) >= 11 is 0. The van der Waals surface area contributed by atoms with E-state index in [0.29, 0.717) is 6.61 Å². The van der Waals surface area contributed by atoms with E-state index in [1.165, 1.54) is 89.9 Å². The standard InChI is InChI=1S/C21H42O2/c1-2-3-4-5-6-7-8-9-10-11-12-13-14-15-16-17-20-23-21-18-19-22/h17,20,22H,2-16,18-19,21H2,1H3. The third-order valence-corrected chi connectivity index (χ3v) is 4.34. The Morgan fingerprint density at radius 3 is 1.61 bits per heavy atom. The third kappa shape index (κ3) is 21.5. The van der Waals surface area contributed by atoms with Crippen LogP contribution in [0.5, 0.6) is 0 Å². The van der Waals surface area contributed by atoms with Crippen LogP contribution < -0.4 is 0 Å². The average Bonchev–Trinajstić information content (AvgIpc) is 2.57. The Balaban J connectivity index is 3.00. The smallest absolute Gasteiger partial charge is 0.0895 e. The highest BCUT2D eigenvalue weighted by atomic mass is 16.5. The van der Waals surface area contributed by atoms with Crippen molar-refractivity contribution in [3.05, 3.63) is 12.3 Å². The van der Waals surface area contributed by atoms with Gasteiger partial charge in [0.1, 0.15) is 0 Å². The van der Waals surface area contributed by atoms with Crippen molar-refractivity contribution in [1.82, 2.24) is 0 Å². The highest BCUT2D eigenvalue weighted by molar-refractivity contribution is 4.73. The van der Waals surface area contributed by atoms with Gasteiger partial charge in [-0.3, -0.25) is 0 Å². The Labute approximate surface area is 145 Å². The van der Waals surface area contributed by atoms with Gasteiger partial charge in [0, 0.05) is 13.0 Å². The van der Waals surface area contributed by atoms with Crippen molar-refractivity contribution in [2.75, 3.05) is 13.2 Å². The summed E-state index contributed by atoms with van der Waals surface area (Å²) in [7, 11) is 0. The number of hydrogen-bond donors (Lipinski definition) is 1. The van der Waals surface area contributed by atoms with E-state index in [1.54, 1.807) is 6.26 Å². The lowest BCUT2D eigenvalue weighted by Gasteiger charge is -2.03. The maximum Gasteiger partial charge on any atom is 0.0895 e. The fraction of sp³-hybridized carbons (Fsp3) is 0.905. The summed E-state index contributed by atoms with van der Waals surface area (Å²) in [5.41, 5.74) is 0. The van der Waals surface area contributed by atoms with Gasteiger partial charge in [0.2, 0.25) is 0 Å². The van der Waals surface area contributed by atoms with Gasteiger partial charge in [-0.05, 0) is 18.9 Å². The number of unbranched alkanes of at least 4 members (excludes halogenated alkanes) is 14. The molecule has 23 heavy (non-hydrogen) atoms. The molecule has 1 N–H and O–H groups in total. The van der Waals surface area contributed by atoms with E-state index in [1.807, 2.05) is 0 Å². The Morgan fingerprint density at radius 1 is 0.652 bits per heavy atom. The van der Waals surface area contributed by atoms with Gasteiger partial charge in [-0.15, -0.1) is 0 Å². The molecule has 0 heterocycles. The molecule has 0 spiro atoms. The van der Waals surface area contributed by atoms with Gasteiger partial charge in [0.15, 0.2) is 0 Å². The molecule has 0 aliphatic heterocycles. The summed E-state index contributed by atoms with van der Waals surface area (Å²) in [6, 6.07) is 0. The zero-order valence-electron chi connectivity index (χ0n) is 15.7. The molecule has 0 unspecified atom stereocenters. The maximum absolute atomic E-state index is 8.61. The van der Waals surface area contributed by atoms with Crippen LogP contribution in [0.25, 0.3) is 0 Å². The van der Waals surface area contributed by atoms with E-state index in [-0.39, 0.29) is 6.61 Å². The second kappa shape index (κ2) is 21.5. The first-order valence-corrected chi connectivity index (χ1v) is 10.3. The van der Waals surface area contributed by atoms with Crippen LogP contribution in [0.15, 0.2) is 12.3 Å². The topological polar surface area (TPSA) is 29.5 Å². The predicted octanol–water partition coefficient (Wildman–Crippen LogP) is 6.77. The summed E-state index contributed by atoms with van der Waals surface area (Å²) in [4.78, 5) is 0. The molecule has 138 valence electrons. The normalized spacial score (nSPS) is 11.4. The van der Waals surface area contributed by atoms with E-state index in [2.05, 4.69) is 13.0 Å². The third-order valence-electron chi connectivity index (χ3n) is 4.34. The van der Waals surface area contributed by atoms with Crippen molar-refractivity contribution in [2.24, 2.45) is 0 Å². The zero-order chi connectivity index (χ0) is 16.8. The summed E-state index contributed by atoms with van der Waals surface area (Å²) in [6.07, 6.45) is 25.5. The summed E-state index contributed by atoms with van der Waals surface area (Å²) < 4.78 is 5.25. The van der Waals surface area contributed by atoms with Gasteiger partial charge in [-0.2, -0.15) is 0 Å². The average molecular weight is 327 g/mol. The van der Waals surface area contributed by atoms with Gasteiger partial charge in [-0.25, -0.2) is 0 Å². The monoisotopic (exact) mass is 326 g/mol. The number of aliphatic hydroxyl groups is 1. The number of aliphatic hydroxyl groups excluding tert-OH is 1. The molecule has 0 aromatic heterocycles.